The highest BCUT2D eigenvalue weighted by molar-refractivity contribution is 6.06. The van der Waals surface area contributed by atoms with E-state index in [-0.39, 0.29) is 33.8 Å². The topological polar surface area (TPSA) is 106 Å². The van der Waals surface area contributed by atoms with Crippen LogP contribution in [-0.2, 0) is 0 Å². The minimum absolute atomic E-state index is 0.0857. The van der Waals surface area contributed by atoms with Crippen molar-refractivity contribution in [3.63, 3.8) is 0 Å². The molecule has 1 amide bonds. The molecule has 0 aliphatic rings. The van der Waals surface area contributed by atoms with E-state index in [1.54, 1.807) is 6.07 Å². The Morgan fingerprint density at radius 2 is 2.00 bits per heavy atom. The highest BCUT2D eigenvalue weighted by Gasteiger charge is 2.40. The van der Waals surface area contributed by atoms with Crippen LogP contribution in [0.15, 0.2) is 42.5 Å². The van der Waals surface area contributed by atoms with E-state index in [1.807, 2.05) is 0 Å². The summed E-state index contributed by atoms with van der Waals surface area (Å²) >= 11 is 0. The Morgan fingerprint density at radius 3 is 2.59 bits per heavy atom. The number of anilines is 2. The number of nitrogen functional groups attached to an aromatic ring is 1. The molecule has 32 heavy (non-hydrogen) atoms. The SMILES string of the molecule is [2H]C([2H])([2H])Oc1ccc(F)cc1C(=O)Nc1ccc(-c2nn(C(C)C(F)(F)F)c(N)c2C#N)cc1. The van der Waals surface area contributed by atoms with Crippen molar-refractivity contribution >= 4 is 17.4 Å². The largest absolute Gasteiger partial charge is 0.496 e. The number of halogens is 4. The van der Waals surface area contributed by atoms with Gasteiger partial charge in [0.05, 0.1) is 16.7 Å². The van der Waals surface area contributed by atoms with Crippen molar-refractivity contribution in [1.82, 2.24) is 9.78 Å². The molecule has 2 aromatic carbocycles. The summed E-state index contributed by atoms with van der Waals surface area (Å²) in [6.07, 6.45) is -4.64. The Labute approximate surface area is 184 Å². The maximum Gasteiger partial charge on any atom is 0.410 e. The fourth-order valence-electron chi connectivity index (χ4n) is 2.87. The molecular weight excluding hydrogens is 430 g/mol. The van der Waals surface area contributed by atoms with Crippen molar-refractivity contribution in [3.05, 3.63) is 59.4 Å². The van der Waals surface area contributed by atoms with E-state index < -0.39 is 36.8 Å². The Morgan fingerprint density at radius 1 is 1.31 bits per heavy atom. The summed E-state index contributed by atoms with van der Waals surface area (Å²) in [7, 11) is -2.87. The van der Waals surface area contributed by atoms with E-state index in [0.717, 1.165) is 25.1 Å². The van der Waals surface area contributed by atoms with Crippen LogP contribution in [-0.4, -0.2) is 28.9 Å². The van der Waals surface area contributed by atoms with Gasteiger partial charge in [0.25, 0.3) is 5.91 Å². The van der Waals surface area contributed by atoms with Gasteiger partial charge in [-0.05, 0) is 37.3 Å². The van der Waals surface area contributed by atoms with Gasteiger partial charge in [-0.1, -0.05) is 12.1 Å². The van der Waals surface area contributed by atoms with Crippen LogP contribution in [0.4, 0.5) is 29.1 Å². The third-order valence-electron chi connectivity index (χ3n) is 4.61. The second-order valence-corrected chi connectivity index (χ2v) is 6.66. The molecular formula is C21H17F4N5O2. The van der Waals surface area contributed by atoms with Gasteiger partial charge in [-0.15, -0.1) is 0 Å². The fourth-order valence-corrected chi connectivity index (χ4v) is 2.87. The van der Waals surface area contributed by atoms with Gasteiger partial charge < -0.3 is 15.8 Å². The van der Waals surface area contributed by atoms with E-state index >= 15 is 0 Å². The smallest absolute Gasteiger partial charge is 0.410 e. The zero-order valence-corrected chi connectivity index (χ0v) is 16.4. The molecule has 1 unspecified atom stereocenters. The lowest BCUT2D eigenvalue weighted by atomic mass is 10.1. The van der Waals surface area contributed by atoms with E-state index in [4.69, 9.17) is 14.6 Å². The molecule has 1 aromatic heterocycles. The van der Waals surface area contributed by atoms with Crippen molar-refractivity contribution < 1.29 is 31.2 Å². The van der Waals surface area contributed by atoms with Gasteiger partial charge in [0.2, 0.25) is 0 Å². The van der Waals surface area contributed by atoms with Crippen molar-refractivity contribution in [2.24, 2.45) is 0 Å². The Kier molecular flexibility index (Phi) is 5.01. The minimum Gasteiger partial charge on any atom is -0.496 e. The van der Waals surface area contributed by atoms with Crippen LogP contribution < -0.4 is 15.8 Å². The fraction of sp³-hybridized carbons (Fsp3) is 0.190. The standard InChI is InChI=1S/C21H17F4N5O2/c1-11(21(23,24)25)30-19(27)16(10-26)18(29-30)12-3-6-14(7-4-12)28-20(31)15-9-13(22)5-8-17(15)32-2/h3-9,11H,27H2,1-2H3,(H,28,31)/i2D3. The lowest BCUT2D eigenvalue weighted by Gasteiger charge is -2.17. The van der Waals surface area contributed by atoms with Gasteiger partial charge in [0.15, 0.2) is 0 Å². The van der Waals surface area contributed by atoms with Crippen LogP contribution in [0, 0.1) is 17.1 Å². The zero-order valence-electron chi connectivity index (χ0n) is 19.4. The molecule has 0 fully saturated rings. The molecule has 0 aliphatic heterocycles. The van der Waals surface area contributed by atoms with Crippen LogP contribution in [0.5, 0.6) is 5.75 Å². The third kappa shape index (κ3) is 4.34. The number of aromatic nitrogens is 2. The van der Waals surface area contributed by atoms with Crippen molar-refractivity contribution in [2.45, 2.75) is 19.1 Å². The first kappa shape index (κ1) is 18.7. The number of benzene rings is 2. The number of nitrogens with two attached hydrogens (primary N) is 1. The Bertz CT molecular complexity index is 1300. The molecule has 166 valence electrons. The molecule has 0 saturated heterocycles. The van der Waals surface area contributed by atoms with E-state index in [1.165, 1.54) is 24.3 Å². The molecule has 3 rings (SSSR count). The predicted molar refractivity (Wildman–Crippen MR) is 108 cm³/mol. The molecule has 1 heterocycles. The van der Waals surface area contributed by atoms with Crippen LogP contribution >= 0.6 is 0 Å². The molecule has 11 heteroatoms. The normalized spacial score (nSPS) is 13.9. The second kappa shape index (κ2) is 8.58. The number of nitrogens with zero attached hydrogens (tertiary/aromatic N) is 3. The minimum atomic E-state index is -4.64. The summed E-state index contributed by atoms with van der Waals surface area (Å²) in [6, 6.07) is 7.91. The average Bonchev–Trinajstić information content (AvgIpc) is 3.09. The number of nitriles is 1. The van der Waals surface area contributed by atoms with Crippen LogP contribution in [0.2, 0.25) is 0 Å². The molecule has 3 aromatic rings. The summed E-state index contributed by atoms with van der Waals surface area (Å²) in [5.41, 5.74) is 5.44. The maximum atomic E-state index is 13.7. The number of ether oxygens (including phenoxy) is 1. The molecule has 0 saturated carbocycles. The molecule has 0 spiro atoms. The Hall–Kier alpha value is -4.07. The van der Waals surface area contributed by atoms with Gasteiger partial charge in [-0.2, -0.15) is 23.5 Å². The van der Waals surface area contributed by atoms with Crippen molar-refractivity contribution in [1.29, 1.82) is 5.26 Å². The van der Waals surface area contributed by atoms with Gasteiger partial charge in [-0.3, -0.25) is 4.79 Å². The first-order chi connectivity index (χ1) is 16.2. The van der Waals surface area contributed by atoms with Gasteiger partial charge in [-0.25, -0.2) is 9.07 Å². The van der Waals surface area contributed by atoms with E-state index in [0.29, 0.717) is 4.68 Å². The molecule has 0 radical (unpaired) electrons. The van der Waals surface area contributed by atoms with Crippen LogP contribution in [0.25, 0.3) is 11.3 Å². The number of amides is 1. The summed E-state index contributed by atoms with van der Waals surface area (Å²) in [5, 5.41) is 15.7. The highest BCUT2D eigenvalue weighted by atomic mass is 19.4. The number of hydrogen-bond donors (Lipinski definition) is 2. The summed E-state index contributed by atoms with van der Waals surface area (Å²) in [6.45, 7) is 0.851. The van der Waals surface area contributed by atoms with Crippen molar-refractivity contribution in [2.75, 3.05) is 18.1 Å². The summed E-state index contributed by atoms with van der Waals surface area (Å²) < 4.78 is 79.8. The van der Waals surface area contributed by atoms with Gasteiger partial charge >= 0.3 is 6.18 Å². The monoisotopic (exact) mass is 450 g/mol. The summed E-state index contributed by atoms with van der Waals surface area (Å²) in [4.78, 5) is 12.6. The highest BCUT2D eigenvalue weighted by Crippen LogP contribution is 2.35. The van der Waals surface area contributed by atoms with Crippen molar-refractivity contribution in [3.8, 4) is 23.1 Å². The number of alkyl halides is 3. The first-order valence-electron chi connectivity index (χ1n) is 10.5. The average molecular weight is 450 g/mol. The lowest BCUT2D eigenvalue weighted by Crippen LogP contribution is -2.25. The maximum absolute atomic E-state index is 13.7. The number of rotatable bonds is 5. The third-order valence-corrected chi connectivity index (χ3v) is 4.61. The number of methoxy groups -OCH3 is 1. The van der Waals surface area contributed by atoms with Gasteiger partial charge in [0, 0.05) is 11.3 Å². The predicted octanol–water partition coefficient (Wildman–Crippen LogP) is 4.53. The van der Waals surface area contributed by atoms with E-state index in [9.17, 15) is 27.6 Å². The van der Waals surface area contributed by atoms with Gasteiger partial charge in [0.1, 0.15) is 40.8 Å². The zero-order chi connectivity index (χ0) is 26.1. The number of hydrogen-bond acceptors (Lipinski definition) is 5. The molecule has 0 bridgehead atoms. The van der Waals surface area contributed by atoms with Crippen LogP contribution in [0.3, 0.4) is 0 Å². The second-order valence-electron chi connectivity index (χ2n) is 6.66. The number of carbonyl (C=O) groups excluding carboxylic acids is 1. The van der Waals surface area contributed by atoms with Crippen LogP contribution in [0.1, 0.15) is 33.0 Å². The molecule has 1 atom stereocenters. The number of carbonyl (C=O) groups is 1. The molecule has 0 aliphatic carbocycles. The van der Waals surface area contributed by atoms with E-state index in [2.05, 4.69) is 10.4 Å². The molecule has 7 nitrogen and oxygen atoms in total. The quantitative estimate of drug-likeness (QED) is 0.556. The Balaban J connectivity index is 1.88. The first-order valence-corrected chi connectivity index (χ1v) is 8.96. The number of nitrogens with one attached hydrogen (secondary N) is 1. The molecule has 3 N–H and O–H groups in total. The lowest BCUT2D eigenvalue weighted by molar-refractivity contribution is -0.164. The summed E-state index contributed by atoms with van der Waals surface area (Å²) in [5.74, 6) is -2.48.